The van der Waals surface area contributed by atoms with E-state index in [1.165, 1.54) is 12.8 Å². The molecule has 1 aliphatic heterocycles. The van der Waals surface area contributed by atoms with Crippen LogP contribution >= 0.6 is 0 Å². The summed E-state index contributed by atoms with van der Waals surface area (Å²) in [7, 11) is 2.21. The Morgan fingerprint density at radius 1 is 1.25 bits per heavy atom. The van der Waals surface area contributed by atoms with Gasteiger partial charge < -0.3 is 0 Å². The Balaban J connectivity index is 1.90. The van der Waals surface area contributed by atoms with Gasteiger partial charge in [0, 0.05) is 38.1 Å². The topological polar surface area (TPSA) is 30.3 Å². The summed E-state index contributed by atoms with van der Waals surface area (Å²) in [6.07, 6.45) is 3.26. The Morgan fingerprint density at radius 2 is 1.94 bits per heavy atom. The van der Waals surface area contributed by atoms with Crippen molar-refractivity contribution >= 4 is 0 Å². The van der Waals surface area contributed by atoms with Crippen molar-refractivity contribution in [1.82, 2.24) is 9.80 Å². The van der Waals surface area contributed by atoms with Crippen LogP contribution in [0.4, 0.5) is 0 Å². The molecular formula is C13H23N3. The molecule has 3 nitrogen and oxygen atoms in total. The molecule has 1 heterocycles. The Morgan fingerprint density at radius 3 is 2.44 bits per heavy atom. The molecular weight excluding hydrogens is 198 g/mol. The zero-order valence-corrected chi connectivity index (χ0v) is 10.8. The number of nitriles is 1. The van der Waals surface area contributed by atoms with Crippen LogP contribution in [0, 0.1) is 16.7 Å². The van der Waals surface area contributed by atoms with Crippen molar-refractivity contribution in [3.8, 4) is 6.07 Å². The molecule has 2 fully saturated rings. The highest BCUT2D eigenvalue weighted by atomic mass is 15.3. The highest BCUT2D eigenvalue weighted by Gasteiger charge is 2.45. The lowest BCUT2D eigenvalue weighted by Crippen LogP contribution is -2.58. The second-order valence-corrected chi connectivity index (χ2v) is 6.28. The first kappa shape index (κ1) is 11.9. The van der Waals surface area contributed by atoms with E-state index in [1.807, 2.05) is 0 Å². The number of likely N-dealkylation sites (N-methyl/N-ethyl adjacent to an activating group) is 1. The SMILES string of the molecule is CN1CCN(CC2(CC#N)CC2)CC1(C)C. The molecule has 0 aromatic rings. The van der Waals surface area contributed by atoms with E-state index in [0.29, 0.717) is 5.41 Å². The molecule has 0 aromatic heterocycles. The van der Waals surface area contributed by atoms with Crippen LogP contribution in [0.15, 0.2) is 0 Å². The smallest absolute Gasteiger partial charge is 0.0628 e. The maximum Gasteiger partial charge on any atom is 0.0628 e. The fourth-order valence-electron chi connectivity index (χ4n) is 2.69. The second-order valence-electron chi connectivity index (χ2n) is 6.28. The molecule has 0 amide bonds. The third-order valence-corrected chi connectivity index (χ3v) is 4.37. The van der Waals surface area contributed by atoms with Crippen LogP contribution in [-0.2, 0) is 0 Å². The maximum absolute atomic E-state index is 8.84. The van der Waals surface area contributed by atoms with Gasteiger partial charge in [0.05, 0.1) is 6.07 Å². The van der Waals surface area contributed by atoms with Crippen LogP contribution in [0.5, 0.6) is 0 Å². The van der Waals surface area contributed by atoms with E-state index in [2.05, 4.69) is 36.8 Å². The van der Waals surface area contributed by atoms with Gasteiger partial charge in [-0.15, -0.1) is 0 Å². The van der Waals surface area contributed by atoms with Crippen LogP contribution in [0.3, 0.4) is 0 Å². The van der Waals surface area contributed by atoms with E-state index in [0.717, 1.165) is 32.6 Å². The van der Waals surface area contributed by atoms with Gasteiger partial charge in [0.2, 0.25) is 0 Å². The van der Waals surface area contributed by atoms with Crippen molar-refractivity contribution in [2.45, 2.75) is 38.6 Å². The van der Waals surface area contributed by atoms with Crippen molar-refractivity contribution in [3.05, 3.63) is 0 Å². The van der Waals surface area contributed by atoms with E-state index in [1.54, 1.807) is 0 Å². The van der Waals surface area contributed by atoms with Crippen LogP contribution in [0.2, 0.25) is 0 Å². The summed E-state index contributed by atoms with van der Waals surface area (Å²) in [5.74, 6) is 0. The normalized spacial score (nSPS) is 28.6. The molecule has 0 radical (unpaired) electrons. The summed E-state index contributed by atoms with van der Waals surface area (Å²) >= 11 is 0. The molecule has 1 saturated carbocycles. The van der Waals surface area contributed by atoms with Crippen LogP contribution in [0.25, 0.3) is 0 Å². The summed E-state index contributed by atoms with van der Waals surface area (Å²) in [5.41, 5.74) is 0.641. The number of nitrogens with zero attached hydrogens (tertiary/aromatic N) is 3. The van der Waals surface area contributed by atoms with Crippen molar-refractivity contribution < 1.29 is 0 Å². The van der Waals surface area contributed by atoms with Crippen LogP contribution in [0.1, 0.15) is 33.1 Å². The first-order valence-corrected chi connectivity index (χ1v) is 6.28. The van der Waals surface area contributed by atoms with Gasteiger partial charge in [0.1, 0.15) is 0 Å². The first-order valence-electron chi connectivity index (χ1n) is 6.28. The average Bonchev–Trinajstić information content (AvgIpc) is 2.92. The highest BCUT2D eigenvalue weighted by Crippen LogP contribution is 2.49. The van der Waals surface area contributed by atoms with E-state index < -0.39 is 0 Å². The molecule has 0 bridgehead atoms. The van der Waals surface area contributed by atoms with Crippen molar-refractivity contribution in [3.63, 3.8) is 0 Å². The quantitative estimate of drug-likeness (QED) is 0.727. The predicted octanol–water partition coefficient (Wildman–Crippen LogP) is 1.71. The van der Waals surface area contributed by atoms with E-state index >= 15 is 0 Å². The van der Waals surface area contributed by atoms with Gasteiger partial charge in [0.25, 0.3) is 0 Å². The van der Waals surface area contributed by atoms with Gasteiger partial charge in [-0.25, -0.2) is 0 Å². The Bertz CT molecular complexity index is 299. The summed E-state index contributed by atoms with van der Waals surface area (Å²) in [5, 5.41) is 8.84. The molecule has 16 heavy (non-hydrogen) atoms. The minimum absolute atomic E-state index is 0.279. The van der Waals surface area contributed by atoms with E-state index in [4.69, 9.17) is 5.26 Å². The molecule has 0 atom stereocenters. The fourth-order valence-corrected chi connectivity index (χ4v) is 2.69. The number of hydrogen-bond acceptors (Lipinski definition) is 3. The van der Waals surface area contributed by atoms with Gasteiger partial charge in [0.15, 0.2) is 0 Å². The van der Waals surface area contributed by atoms with Gasteiger partial charge in [-0.1, -0.05) is 0 Å². The Labute approximate surface area is 99.0 Å². The molecule has 90 valence electrons. The molecule has 1 saturated heterocycles. The highest BCUT2D eigenvalue weighted by molar-refractivity contribution is 5.02. The lowest BCUT2D eigenvalue weighted by molar-refractivity contribution is 0.0299. The van der Waals surface area contributed by atoms with Crippen LogP contribution in [-0.4, -0.2) is 48.6 Å². The Kier molecular flexibility index (Phi) is 2.98. The molecule has 2 aliphatic rings. The van der Waals surface area contributed by atoms with E-state index in [-0.39, 0.29) is 5.54 Å². The zero-order chi connectivity index (χ0) is 11.8. The number of hydrogen-bond donors (Lipinski definition) is 0. The summed E-state index contributed by atoms with van der Waals surface area (Å²) in [4.78, 5) is 5.00. The summed E-state index contributed by atoms with van der Waals surface area (Å²) < 4.78 is 0. The van der Waals surface area contributed by atoms with Crippen molar-refractivity contribution in [2.75, 3.05) is 33.2 Å². The zero-order valence-electron chi connectivity index (χ0n) is 10.8. The minimum atomic E-state index is 0.279. The maximum atomic E-state index is 8.84. The lowest BCUT2D eigenvalue weighted by atomic mass is 9.96. The molecule has 0 unspecified atom stereocenters. The third kappa shape index (κ3) is 2.39. The second kappa shape index (κ2) is 4.01. The molecule has 0 aromatic carbocycles. The molecule has 0 N–H and O–H groups in total. The van der Waals surface area contributed by atoms with Gasteiger partial charge in [-0.3, -0.25) is 9.80 Å². The molecule has 1 aliphatic carbocycles. The summed E-state index contributed by atoms with van der Waals surface area (Å²) in [6.45, 7) is 9.20. The van der Waals surface area contributed by atoms with Gasteiger partial charge in [-0.05, 0) is 39.2 Å². The lowest BCUT2D eigenvalue weighted by Gasteiger charge is -2.46. The monoisotopic (exact) mass is 221 g/mol. The number of rotatable bonds is 3. The summed E-state index contributed by atoms with van der Waals surface area (Å²) in [6, 6.07) is 2.35. The fraction of sp³-hybridized carbons (Fsp3) is 0.923. The van der Waals surface area contributed by atoms with Crippen molar-refractivity contribution in [2.24, 2.45) is 5.41 Å². The molecule has 0 spiro atoms. The molecule has 3 heteroatoms. The van der Waals surface area contributed by atoms with Crippen molar-refractivity contribution in [1.29, 1.82) is 5.26 Å². The standard InChI is InChI=1S/C13H23N3/c1-12(2)10-16(9-8-15(12)3)11-13(4-5-13)6-7-14/h4-6,8-11H2,1-3H3. The van der Waals surface area contributed by atoms with E-state index in [9.17, 15) is 0 Å². The first-order chi connectivity index (χ1) is 7.47. The molecule has 2 rings (SSSR count). The number of piperazine rings is 1. The third-order valence-electron chi connectivity index (χ3n) is 4.37. The van der Waals surface area contributed by atoms with Crippen LogP contribution < -0.4 is 0 Å². The largest absolute Gasteiger partial charge is 0.300 e. The van der Waals surface area contributed by atoms with Gasteiger partial charge in [-0.2, -0.15) is 5.26 Å². The minimum Gasteiger partial charge on any atom is -0.300 e. The van der Waals surface area contributed by atoms with Gasteiger partial charge >= 0.3 is 0 Å². The average molecular weight is 221 g/mol. The predicted molar refractivity (Wildman–Crippen MR) is 65.0 cm³/mol. The Hall–Kier alpha value is -0.590.